The van der Waals surface area contributed by atoms with Gasteiger partial charge in [-0.05, 0) is 43.4 Å². The van der Waals surface area contributed by atoms with Crippen molar-refractivity contribution in [3.05, 3.63) is 28.8 Å². The highest BCUT2D eigenvalue weighted by Crippen LogP contribution is 2.28. The molecule has 0 unspecified atom stereocenters. The molecule has 1 fully saturated rings. The van der Waals surface area contributed by atoms with Crippen molar-refractivity contribution in [1.29, 1.82) is 0 Å². The minimum atomic E-state index is -3.52. The third-order valence-electron chi connectivity index (χ3n) is 3.77. The molecule has 0 N–H and O–H groups in total. The Morgan fingerprint density at radius 2 is 1.95 bits per heavy atom. The highest BCUT2D eigenvalue weighted by Gasteiger charge is 2.31. The van der Waals surface area contributed by atoms with Crippen LogP contribution >= 0.6 is 11.6 Å². The fourth-order valence-electron chi connectivity index (χ4n) is 2.52. The molecule has 0 aromatic heterocycles. The van der Waals surface area contributed by atoms with E-state index in [1.165, 1.54) is 4.31 Å². The molecule has 2 rings (SSSR count). The first-order valence-electron chi connectivity index (χ1n) is 7.68. The number of sulfonamides is 1. The molecule has 1 aliphatic heterocycles. The van der Waals surface area contributed by atoms with Crippen LogP contribution < -0.4 is 0 Å². The Bertz CT molecular complexity index is 608. The minimum Gasteiger partial charge on any atom is -0.378 e. The highest BCUT2D eigenvalue weighted by atomic mass is 35.5. The number of aryl methyl sites for hydroxylation is 1. The van der Waals surface area contributed by atoms with Crippen LogP contribution in [0.15, 0.2) is 23.1 Å². The quantitative estimate of drug-likeness (QED) is 0.820. The summed E-state index contributed by atoms with van der Waals surface area (Å²) < 4.78 is 32.7. The molecule has 0 saturated carbocycles. The van der Waals surface area contributed by atoms with Gasteiger partial charge in [-0.3, -0.25) is 0 Å². The topological polar surface area (TPSA) is 46.6 Å². The van der Waals surface area contributed by atoms with E-state index in [4.69, 9.17) is 16.3 Å². The maximum Gasteiger partial charge on any atom is 0.244 e. The molecule has 1 heterocycles. The molecule has 0 radical (unpaired) electrons. The molecule has 6 heteroatoms. The van der Waals surface area contributed by atoms with Crippen molar-refractivity contribution in [3.8, 4) is 0 Å². The smallest absolute Gasteiger partial charge is 0.244 e. The summed E-state index contributed by atoms with van der Waals surface area (Å²) in [7, 11) is -3.52. The van der Waals surface area contributed by atoms with E-state index in [0.29, 0.717) is 19.0 Å². The lowest BCUT2D eigenvalue weighted by Crippen LogP contribution is -2.41. The second kappa shape index (κ2) is 7.30. The number of piperidine rings is 1. The Morgan fingerprint density at radius 3 is 2.50 bits per heavy atom. The molecular formula is C16H24ClNO3S. The number of hydrogen-bond acceptors (Lipinski definition) is 3. The fourth-order valence-corrected chi connectivity index (χ4v) is 4.56. The summed E-state index contributed by atoms with van der Waals surface area (Å²) in [4.78, 5) is 0.196. The van der Waals surface area contributed by atoms with Crippen LogP contribution in [0.4, 0.5) is 0 Å². The van der Waals surface area contributed by atoms with E-state index in [2.05, 4.69) is 13.8 Å². The summed E-state index contributed by atoms with van der Waals surface area (Å²) in [5.74, 6) is 0.494. The van der Waals surface area contributed by atoms with Gasteiger partial charge in [0.2, 0.25) is 10.0 Å². The Balaban J connectivity index is 2.03. The van der Waals surface area contributed by atoms with E-state index in [1.54, 1.807) is 18.2 Å². The predicted octanol–water partition coefficient (Wildman–Crippen LogP) is 3.47. The van der Waals surface area contributed by atoms with Gasteiger partial charge in [0.25, 0.3) is 0 Å². The molecular weight excluding hydrogens is 322 g/mol. The molecule has 4 nitrogen and oxygen atoms in total. The van der Waals surface area contributed by atoms with Crippen LogP contribution in [0.5, 0.6) is 0 Å². The van der Waals surface area contributed by atoms with Crippen LogP contribution in [-0.4, -0.2) is 38.5 Å². The first-order valence-corrected chi connectivity index (χ1v) is 9.50. The lowest BCUT2D eigenvalue weighted by Gasteiger charge is -2.31. The molecule has 1 aromatic rings. The van der Waals surface area contributed by atoms with E-state index in [1.807, 2.05) is 6.92 Å². The lowest BCUT2D eigenvalue weighted by molar-refractivity contribution is 0.00749. The summed E-state index contributed by atoms with van der Waals surface area (Å²) in [6, 6.07) is 5.05. The summed E-state index contributed by atoms with van der Waals surface area (Å²) in [5.41, 5.74) is 0.949. The fraction of sp³-hybridized carbons (Fsp3) is 0.625. The summed E-state index contributed by atoms with van der Waals surface area (Å²) in [6.45, 7) is 7.80. The zero-order chi connectivity index (χ0) is 16.3. The van der Waals surface area contributed by atoms with Gasteiger partial charge in [0.05, 0.1) is 11.1 Å². The van der Waals surface area contributed by atoms with Crippen LogP contribution in [0.3, 0.4) is 0 Å². The van der Waals surface area contributed by atoms with Crippen molar-refractivity contribution in [3.63, 3.8) is 0 Å². The molecule has 22 heavy (non-hydrogen) atoms. The third-order valence-corrected chi connectivity index (χ3v) is 6.15. The molecule has 1 aliphatic rings. The van der Waals surface area contributed by atoms with Gasteiger partial charge in [-0.2, -0.15) is 4.31 Å². The van der Waals surface area contributed by atoms with Crippen molar-refractivity contribution in [2.75, 3.05) is 19.7 Å². The lowest BCUT2D eigenvalue weighted by atomic mass is 10.1. The second-order valence-electron chi connectivity index (χ2n) is 6.26. The monoisotopic (exact) mass is 345 g/mol. The number of halogens is 1. The van der Waals surface area contributed by atoms with E-state index in [0.717, 1.165) is 25.0 Å². The van der Waals surface area contributed by atoms with Crippen LogP contribution in [0.1, 0.15) is 32.3 Å². The average Bonchev–Trinajstić information content (AvgIpc) is 2.45. The zero-order valence-corrected chi connectivity index (χ0v) is 15.0. The van der Waals surface area contributed by atoms with Gasteiger partial charge in [-0.25, -0.2) is 8.42 Å². The number of nitrogens with zero attached hydrogens (tertiary/aromatic N) is 1. The van der Waals surface area contributed by atoms with Crippen molar-refractivity contribution in [2.45, 2.75) is 44.6 Å². The van der Waals surface area contributed by atoms with Crippen LogP contribution in [0, 0.1) is 12.8 Å². The Kier molecular flexibility index (Phi) is 5.88. The summed E-state index contributed by atoms with van der Waals surface area (Å²) in [6.07, 6.45) is 1.62. The van der Waals surface area contributed by atoms with Crippen molar-refractivity contribution < 1.29 is 13.2 Å². The Morgan fingerprint density at radius 1 is 1.32 bits per heavy atom. The highest BCUT2D eigenvalue weighted by molar-refractivity contribution is 7.89. The maximum absolute atomic E-state index is 12.7. The van der Waals surface area contributed by atoms with Gasteiger partial charge in [0.15, 0.2) is 0 Å². The van der Waals surface area contributed by atoms with Crippen molar-refractivity contribution in [1.82, 2.24) is 4.31 Å². The van der Waals surface area contributed by atoms with Crippen LogP contribution in [-0.2, 0) is 14.8 Å². The zero-order valence-electron chi connectivity index (χ0n) is 13.4. The van der Waals surface area contributed by atoms with E-state index >= 15 is 0 Å². The van der Waals surface area contributed by atoms with Gasteiger partial charge in [-0.1, -0.05) is 31.5 Å². The van der Waals surface area contributed by atoms with Crippen molar-refractivity contribution >= 4 is 21.6 Å². The van der Waals surface area contributed by atoms with Crippen molar-refractivity contribution in [2.24, 2.45) is 5.92 Å². The first-order chi connectivity index (χ1) is 10.3. The summed E-state index contributed by atoms with van der Waals surface area (Å²) >= 11 is 6.12. The van der Waals surface area contributed by atoms with Gasteiger partial charge in [0.1, 0.15) is 4.90 Å². The van der Waals surface area contributed by atoms with Gasteiger partial charge in [0, 0.05) is 19.7 Å². The number of ether oxygens (including phenoxy) is 1. The first kappa shape index (κ1) is 17.7. The Labute approximate surface area is 138 Å². The average molecular weight is 346 g/mol. The molecule has 0 atom stereocenters. The number of hydrogen-bond donors (Lipinski definition) is 0. The molecule has 0 amide bonds. The third kappa shape index (κ3) is 4.22. The molecule has 0 aliphatic carbocycles. The van der Waals surface area contributed by atoms with Gasteiger partial charge < -0.3 is 4.74 Å². The standard InChI is InChI=1S/C16H24ClNO3S/c1-12(2)11-21-14-6-8-18(9-7-14)22(19,20)16-5-4-13(3)10-15(16)17/h4-5,10,12,14H,6-9,11H2,1-3H3. The van der Waals surface area contributed by atoms with Gasteiger partial charge in [-0.15, -0.1) is 0 Å². The molecule has 0 bridgehead atoms. The molecule has 1 aromatic carbocycles. The summed E-state index contributed by atoms with van der Waals surface area (Å²) in [5, 5.41) is 0.290. The van der Waals surface area contributed by atoms with Gasteiger partial charge >= 0.3 is 0 Å². The SMILES string of the molecule is Cc1ccc(S(=O)(=O)N2CCC(OCC(C)C)CC2)c(Cl)c1. The van der Waals surface area contributed by atoms with E-state index in [-0.39, 0.29) is 16.0 Å². The van der Waals surface area contributed by atoms with E-state index in [9.17, 15) is 8.42 Å². The molecule has 1 saturated heterocycles. The predicted molar refractivity (Wildman–Crippen MR) is 88.8 cm³/mol. The normalized spacial score (nSPS) is 18.0. The number of benzene rings is 1. The Hall–Kier alpha value is -0.620. The second-order valence-corrected chi connectivity index (χ2v) is 8.58. The van der Waals surface area contributed by atoms with E-state index < -0.39 is 10.0 Å². The van der Waals surface area contributed by atoms with Crippen LogP contribution in [0.25, 0.3) is 0 Å². The van der Waals surface area contributed by atoms with Crippen LogP contribution in [0.2, 0.25) is 5.02 Å². The molecule has 0 spiro atoms. The molecule has 124 valence electrons. The minimum absolute atomic E-state index is 0.155. The maximum atomic E-state index is 12.7. The number of rotatable bonds is 5. The largest absolute Gasteiger partial charge is 0.378 e.